The molecule has 1 heterocycles. The summed E-state index contributed by atoms with van der Waals surface area (Å²) < 4.78 is 41.5. The van der Waals surface area contributed by atoms with Gasteiger partial charge >= 0.3 is 6.18 Å². The molecule has 0 atom stereocenters. The maximum atomic E-state index is 13.8. The third-order valence-corrected chi connectivity index (χ3v) is 5.51. The van der Waals surface area contributed by atoms with E-state index in [1.807, 2.05) is 42.5 Å². The van der Waals surface area contributed by atoms with Gasteiger partial charge in [-0.15, -0.1) is 0 Å². The Morgan fingerprint density at radius 1 is 0.844 bits per heavy atom. The molecule has 0 bridgehead atoms. The minimum atomic E-state index is -4.64. The molecule has 5 aromatic rings. The average Bonchev–Trinajstić information content (AvgIpc) is 3.23. The van der Waals surface area contributed by atoms with E-state index < -0.39 is 17.8 Å². The van der Waals surface area contributed by atoms with Crippen LogP contribution in [0.1, 0.15) is 16.1 Å². The number of carbonyl (C=O) groups excluding carboxylic acids is 1. The number of primary amides is 1. The van der Waals surface area contributed by atoms with Gasteiger partial charge in [0.05, 0.1) is 0 Å². The predicted molar refractivity (Wildman–Crippen MR) is 118 cm³/mol. The van der Waals surface area contributed by atoms with Gasteiger partial charge in [0.2, 0.25) is 5.91 Å². The smallest absolute Gasteiger partial charge is 0.366 e. The fourth-order valence-corrected chi connectivity index (χ4v) is 4.00. The first kappa shape index (κ1) is 19.8. The summed E-state index contributed by atoms with van der Waals surface area (Å²) in [5.41, 5.74) is 5.51. The molecular weight excluding hydrogens is 415 g/mol. The number of hydrogen-bond donors (Lipinski definition) is 2. The molecular formula is C25H16F3N3O. The molecule has 0 aliphatic heterocycles. The van der Waals surface area contributed by atoms with Gasteiger partial charge in [0.1, 0.15) is 11.4 Å². The van der Waals surface area contributed by atoms with Gasteiger partial charge in [-0.2, -0.15) is 18.3 Å². The number of carbonyl (C=O) groups is 1. The number of fused-ring (bicyclic) bond motifs is 2. The second kappa shape index (κ2) is 7.23. The van der Waals surface area contributed by atoms with Crippen molar-refractivity contribution in [1.29, 1.82) is 0 Å². The molecule has 4 aromatic carbocycles. The van der Waals surface area contributed by atoms with Gasteiger partial charge in [-0.1, -0.05) is 54.6 Å². The number of aromatic amines is 1. The van der Waals surface area contributed by atoms with E-state index in [1.165, 1.54) is 24.3 Å². The van der Waals surface area contributed by atoms with Crippen molar-refractivity contribution >= 4 is 27.5 Å². The van der Waals surface area contributed by atoms with E-state index in [9.17, 15) is 18.0 Å². The second-order valence-electron chi connectivity index (χ2n) is 7.49. The fraction of sp³-hybridized carbons (Fsp3) is 0.0400. The molecule has 158 valence electrons. The van der Waals surface area contributed by atoms with Gasteiger partial charge in [0, 0.05) is 16.7 Å². The third-order valence-electron chi connectivity index (χ3n) is 5.51. The Balaban J connectivity index is 1.79. The van der Waals surface area contributed by atoms with Crippen LogP contribution < -0.4 is 5.73 Å². The number of rotatable bonds is 3. The molecule has 0 fully saturated rings. The van der Waals surface area contributed by atoms with E-state index in [4.69, 9.17) is 5.73 Å². The Bertz CT molecular complexity index is 1480. The minimum Gasteiger partial charge on any atom is -0.366 e. The highest BCUT2D eigenvalue weighted by Crippen LogP contribution is 2.43. The third kappa shape index (κ3) is 3.28. The number of alkyl halides is 3. The zero-order chi connectivity index (χ0) is 22.5. The Hall–Kier alpha value is -4.13. The highest BCUT2D eigenvalue weighted by atomic mass is 19.4. The summed E-state index contributed by atoms with van der Waals surface area (Å²) in [4.78, 5) is 11.4. The number of nitrogens with two attached hydrogens (primary N) is 1. The van der Waals surface area contributed by atoms with E-state index in [-0.39, 0.29) is 22.4 Å². The topological polar surface area (TPSA) is 71.8 Å². The lowest BCUT2D eigenvalue weighted by Crippen LogP contribution is -2.10. The quantitative estimate of drug-likeness (QED) is 0.336. The Morgan fingerprint density at radius 3 is 2.16 bits per heavy atom. The van der Waals surface area contributed by atoms with Gasteiger partial charge < -0.3 is 5.73 Å². The lowest BCUT2D eigenvalue weighted by atomic mass is 9.93. The van der Waals surface area contributed by atoms with E-state index in [0.717, 1.165) is 21.5 Å². The van der Waals surface area contributed by atoms with Crippen LogP contribution in [0.4, 0.5) is 13.2 Å². The normalized spacial score (nSPS) is 11.8. The molecule has 1 aromatic heterocycles. The molecule has 32 heavy (non-hydrogen) atoms. The van der Waals surface area contributed by atoms with Crippen molar-refractivity contribution in [3.8, 4) is 22.4 Å². The van der Waals surface area contributed by atoms with Crippen LogP contribution in [0.3, 0.4) is 0 Å². The van der Waals surface area contributed by atoms with Crippen molar-refractivity contribution in [3.05, 3.63) is 90.1 Å². The van der Waals surface area contributed by atoms with E-state index >= 15 is 0 Å². The molecule has 5 rings (SSSR count). The zero-order valence-electron chi connectivity index (χ0n) is 16.6. The van der Waals surface area contributed by atoms with Crippen LogP contribution in [-0.2, 0) is 6.18 Å². The van der Waals surface area contributed by atoms with Crippen molar-refractivity contribution in [2.75, 3.05) is 0 Å². The summed E-state index contributed by atoms with van der Waals surface area (Å²) in [5.74, 6) is -0.652. The monoisotopic (exact) mass is 431 g/mol. The van der Waals surface area contributed by atoms with Crippen LogP contribution in [0.2, 0.25) is 0 Å². The summed E-state index contributed by atoms with van der Waals surface area (Å²) in [7, 11) is 0. The van der Waals surface area contributed by atoms with Crippen molar-refractivity contribution in [1.82, 2.24) is 10.2 Å². The second-order valence-corrected chi connectivity index (χ2v) is 7.49. The fourth-order valence-electron chi connectivity index (χ4n) is 4.00. The average molecular weight is 431 g/mol. The van der Waals surface area contributed by atoms with Gasteiger partial charge in [-0.05, 0) is 51.4 Å². The summed E-state index contributed by atoms with van der Waals surface area (Å²) in [6.07, 6.45) is -4.64. The van der Waals surface area contributed by atoms with Crippen molar-refractivity contribution < 1.29 is 18.0 Å². The predicted octanol–water partition coefficient (Wildman–Crippen LogP) is 6.17. The maximum absolute atomic E-state index is 13.8. The van der Waals surface area contributed by atoms with E-state index in [2.05, 4.69) is 10.2 Å². The number of amides is 1. The van der Waals surface area contributed by atoms with E-state index in [0.29, 0.717) is 5.56 Å². The van der Waals surface area contributed by atoms with Gasteiger partial charge in [0.25, 0.3) is 0 Å². The van der Waals surface area contributed by atoms with Crippen LogP contribution in [-0.4, -0.2) is 16.1 Å². The molecule has 0 unspecified atom stereocenters. The molecule has 0 aliphatic carbocycles. The molecule has 0 radical (unpaired) electrons. The standard InChI is InChI=1S/C25H16F3N3O/c26-25(27,28)23-21(14-8-10-15(11-9-14)24(29)32)22(30-31-23)19-7-3-6-18-12-16-4-1-2-5-17(16)13-20(18)19/h1-13H,(H2,29,32)(H,30,31). The van der Waals surface area contributed by atoms with Crippen molar-refractivity contribution in [3.63, 3.8) is 0 Å². The molecule has 7 heteroatoms. The summed E-state index contributed by atoms with van der Waals surface area (Å²) in [6.45, 7) is 0. The van der Waals surface area contributed by atoms with Gasteiger partial charge in [-0.25, -0.2) is 0 Å². The molecule has 0 saturated carbocycles. The highest BCUT2D eigenvalue weighted by Gasteiger charge is 2.38. The highest BCUT2D eigenvalue weighted by molar-refractivity contribution is 6.06. The Kier molecular flexibility index (Phi) is 4.48. The van der Waals surface area contributed by atoms with Crippen molar-refractivity contribution in [2.45, 2.75) is 6.18 Å². The minimum absolute atomic E-state index is 0.0748. The maximum Gasteiger partial charge on any atom is 0.433 e. The van der Waals surface area contributed by atoms with Crippen LogP contribution in [0.15, 0.2) is 78.9 Å². The Morgan fingerprint density at radius 2 is 1.50 bits per heavy atom. The first-order valence-electron chi connectivity index (χ1n) is 9.80. The number of hydrogen-bond acceptors (Lipinski definition) is 2. The van der Waals surface area contributed by atoms with Crippen molar-refractivity contribution in [2.24, 2.45) is 5.73 Å². The molecule has 1 amide bonds. The number of aromatic nitrogens is 2. The van der Waals surface area contributed by atoms with Crippen LogP contribution in [0.5, 0.6) is 0 Å². The van der Waals surface area contributed by atoms with E-state index in [1.54, 1.807) is 12.1 Å². The SMILES string of the molecule is NC(=O)c1ccc(-c2c(-c3cccc4cc5ccccc5cc34)n[nH]c2C(F)(F)F)cc1. The lowest BCUT2D eigenvalue weighted by molar-refractivity contribution is -0.140. The van der Waals surface area contributed by atoms with Crippen LogP contribution >= 0.6 is 0 Å². The Labute approximate surface area is 180 Å². The number of benzene rings is 4. The van der Waals surface area contributed by atoms with Crippen LogP contribution in [0, 0.1) is 0 Å². The zero-order valence-corrected chi connectivity index (χ0v) is 16.6. The molecule has 0 saturated heterocycles. The van der Waals surface area contributed by atoms with Crippen LogP contribution in [0.25, 0.3) is 43.9 Å². The molecule has 3 N–H and O–H groups in total. The molecule has 4 nitrogen and oxygen atoms in total. The van der Waals surface area contributed by atoms with Gasteiger partial charge in [-0.3, -0.25) is 9.89 Å². The van der Waals surface area contributed by atoms with Gasteiger partial charge in [0.15, 0.2) is 0 Å². The first-order chi connectivity index (χ1) is 15.3. The number of nitrogens with one attached hydrogen (secondary N) is 1. The first-order valence-corrected chi connectivity index (χ1v) is 9.80. The number of halogens is 3. The molecule has 0 aliphatic rings. The largest absolute Gasteiger partial charge is 0.433 e. The number of nitrogens with zero attached hydrogens (tertiary/aromatic N) is 1. The summed E-state index contributed by atoms with van der Waals surface area (Å²) >= 11 is 0. The lowest BCUT2D eigenvalue weighted by Gasteiger charge is -2.12. The number of H-pyrrole nitrogens is 1. The summed E-state index contributed by atoms with van der Waals surface area (Å²) in [5, 5.41) is 9.97. The molecule has 0 spiro atoms. The summed E-state index contributed by atoms with van der Waals surface area (Å²) in [6, 6.07) is 23.0.